The highest BCUT2D eigenvalue weighted by atomic mass is 19.1. The maximum Gasteiger partial charge on any atom is 0.329 e. The molecule has 2 unspecified atom stereocenters. The van der Waals surface area contributed by atoms with Crippen LogP contribution in [0.15, 0.2) is 24.3 Å². The van der Waals surface area contributed by atoms with Crippen LogP contribution < -0.4 is 5.32 Å². The molecule has 1 fully saturated rings. The van der Waals surface area contributed by atoms with Crippen molar-refractivity contribution in [1.29, 1.82) is 0 Å². The van der Waals surface area contributed by atoms with E-state index in [2.05, 4.69) is 19.2 Å². The Bertz CT molecular complexity index is 503. The summed E-state index contributed by atoms with van der Waals surface area (Å²) in [5.74, 6) is -0.0466. The minimum atomic E-state index is -0.975. The molecular formula is C17H24FNO2. The van der Waals surface area contributed by atoms with Gasteiger partial charge in [0.1, 0.15) is 11.4 Å². The van der Waals surface area contributed by atoms with Gasteiger partial charge < -0.3 is 10.4 Å². The van der Waals surface area contributed by atoms with Crippen LogP contribution in [0.4, 0.5) is 10.1 Å². The zero-order chi connectivity index (χ0) is 15.5. The average Bonchev–Trinajstić information content (AvgIpc) is 2.62. The zero-order valence-corrected chi connectivity index (χ0v) is 12.7. The normalized spacial score (nSPS) is 26.4. The Morgan fingerprint density at radius 3 is 2.76 bits per heavy atom. The van der Waals surface area contributed by atoms with Crippen molar-refractivity contribution in [1.82, 2.24) is 0 Å². The molecule has 0 radical (unpaired) electrons. The van der Waals surface area contributed by atoms with Gasteiger partial charge in [0.25, 0.3) is 0 Å². The van der Waals surface area contributed by atoms with Crippen molar-refractivity contribution in [2.24, 2.45) is 11.8 Å². The fourth-order valence-electron chi connectivity index (χ4n) is 3.27. The zero-order valence-electron chi connectivity index (χ0n) is 12.7. The summed E-state index contributed by atoms with van der Waals surface area (Å²) >= 11 is 0. The Kier molecular flexibility index (Phi) is 4.86. The van der Waals surface area contributed by atoms with Gasteiger partial charge in [-0.15, -0.1) is 0 Å². The molecule has 0 bridgehead atoms. The maximum absolute atomic E-state index is 13.3. The molecule has 1 aliphatic carbocycles. The maximum atomic E-state index is 13.3. The van der Waals surface area contributed by atoms with Gasteiger partial charge in [0, 0.05) is 5.69 Å². The summed E-state index contributed by atoms with van der Waals surface area (Å²) in [6.45, 7) is 4.39. The number of hydrogen-bond donors (Lipinski definition) is 2. The number of nitrogens with one attached hydrogen (secondary N) is 1. The van der Waals surface area contributed by atoms with Crippen LogP contribution >= 0.6 is 0 Å². The number of rotatable bonds is 4. The third kappa shape index (κ3) is 3.74. The van der Waals surface area contributed by atoms with Crippen molar-refractivity contribution in [3.63, 3.8) is 0 Å². The van der Waals surface area contributed by atoms with Crippen LogP contribution in [-0.4, -0.2) is 16.6 Å². The fraction of sp³-hybridized carbons (Fsp3) is 0.588. The van der Waals surface area contributed by atoms with E-state index in [1.807, 2.05) is 0 Å². The van der Waals surface area contributed by atoms with Crippen LogP contribution in [0.3, 0.4) is 0 Å². The van der Waals surface area contributed by atoms with Crippen LogP contribution in [0.1, 0.15) is 46.0 Å². The van der Waals surface area contributed by atoms with Crippen LogP contribution in [0.2, 0.25) is 0 Å². The first-order valence-electron chi connectivity index (χ1n) is 7.70. The van der Waals surface area contributed by atoms with E-state index < -0.39 is 11.5 Å². The van der Waals surface area contributed by atoms with Crippen molar-refractivity contribution in [3.05, 3.63) is 30.1 Å². The predicted octanol–water partition coefficient (Wildman–Crippen LogP) is 4.30. The summed E-state index contributed by atoms with van der Waals surface area (Å²) in [4.78, 5) is 11.8. The van der Waals surface area contributed by atoms with E-state index in [-0.39, 0.29) is 5.82 Å². The quantitative estimate of drug-likeness (QED) is 0.814. The Balaban J connectivity index is 2.19. The molecule has 116 valence electrons. The molecule has 0 saturated heterocycles. The Labute approximate surface area is 125 Å². The van der Waals surface area contributed by atoms with Crippen molar-refractivity contribution < 1.29 is 14.3 Å². The van der Waals surface area contributed by atoms with E-state index >= 15 is 0 Å². The molecular weight excluding hydrogens is 269 g/mol. The molecule has 21 heavy (non-hydrogen) atoms. The van der Waals surface area contributed by atoms with Crippen LogP contribution in [0, 0.1) is 17.7 Å². The molecule has 2 atom stereocenters. The van der Waals surface area contributed by atoms with E-state index in [0.29, 0.717) is 30.4 Å². The first-order valence-corrected chi connectivity index (χ1v) is 7.70. The summed E-state index contributed by atoms with van der Waals surface area (Å²) in [6.07, 6.45) is 4.02. The highest BCUT2D eigenvalue weighted by Crippen LogP contribution is 2.36. The molecule has 1 saturated carbocycles. The van der Waals surface area contributed by atoms with Crippen molar-refractivity contribution in [2.75, 3.05) is 5.32 Å². The van der Waals surface area contributed by atoms with Crippen LogP contribution in [0.5, 0.6) is 0 Å². The third-order valence-electron chi connectivity index (χ3n) is 4.68. The minimum absolute atomic E-state index is 0.353. The van der Waals surface area contributed by atoms with Gasteiger partial charge in [0.15, 0.2) is 0 Å². The highest BCUT2D eigenvalue weighted by Gasteiger charge is 2.40. The molecule has 0 spiro atoms. The number of aliphatic carboxylic acids is 1. The summed E-state index contributed by atoms with van der Waals surface area (Å²) in [7, 11) is 0. The highest BCUT2D eigenvalue weighted by molar-refractivity contribution is 5.82. The van der Waals surface area contributed by atoms with E-state index in [9.17, 15) is 14.3 Å². The van der Waals surface area contributed by atoms with Gasteiger partial charge in [-0.25, -0.2) is 9.18 Å². The number of carboxylic acid groups (broad SMARTS) is 1. The average molecular weight is 293 g/mol. The first-order chi connectivity index (χ1) is 9.93. The number of anilines is 1. The number of halogens is 1. The van der Waals surface area contributed by atoms with Gasteiger partial charge in [-0.1, -0.05) is 32.8 Å². The third-order valence-corrected chi connectivity index (χ3v) is 4.68. The molecule has 1 aromatic rings. The van der Waals surface area contributed by atoms with E-state index in [1.165, 1.54) is 12.1 Å². The predicted molar refractivity (Wildman–Crippen MR) is 81.8 cm³/mol. The lowest BCUT2D eigenvalue weighted by molar-refractivity contribution is -0.142. The second-order valence-electron chi connectivity index (χ2n) is 6.46. The van der Waals surface area contributed by atoms with Crippen molar-refractivity contribution in [3.8, 4) is 0 Å². The van der Waals surface area contributed by atoms with Crippen molar-refractivity contribution >= 4 is 11.7 Å². The monoisotopic (exact) mass is 293 g/mol. The standard InChI is InChI=1S/C17H24FNO2/c1-12(2)13-5-4-9-17(10-8-13,16(20)21)19-15-7-3-6-14(18)11-15/h3,6-7,11-13,19H,4-5,8-10H2,1-2H3,(H,20,21). The second-order valence-corrected chi connectivity index (χ2v) is 6.46. The van der Waals surface area contributed by atoms with Gasteiger partial charge in [-0.3, -0.25) is 0 Å². The summed E-state index contributed by atoms with van der Waals surface area (Å²) in [5, 5.41) is 12.8. The SMILES string of the molecule is CC(C)C1CCCC(Nc2cccc(F)c2)(C(=O)O)CC1. The summed E-state index contributed by atoms with van der Waals surface area (Å²) < 4.78 is 13.3. The van der Waals surface area contributed by atoms with Crippen LogP contribution in [-0.2, 0) is 4.79 Å². The van der Waals surface area contributed by atoms with E-state index in [0.717, 1.165) is 19.3 Å². The topological polar surface area (TPSA) is 49.3 Å². The van der Waals surface area contributed by atoms with Gasteiger partial charge in [-0.05, 0) is 49.3 Å². The molecule has 0 heterocycles. The van der Waals surface area contributed by atoms with Crippen molar-refractivity contribution in [2.45, 2.75) is 51.5 Å². The Morgan fingerprint density at radius 2 is 2.14 bits per heavy atom. The molecule has 4 heteroatoms. The smallest absolute Gasteiger partial charge is 0.329 e. The molecule has 0 aromatic heterocycles. The number of carboxylic acids is 1. The number of carbonyl (C=O) groups is 1. The van der Waals surface area contributed by atoms with Gasteiger partial charge >= 0.3 is 5.97 Å². The van der Waals surface area contributed by atoms with Gasteiger partial charge in [0.2, 0.25) is 0 Å². The van der Waals surface area contributed by atoms with E-state index in [1.54, 1.807) is 12.1 Å². The van der Waals surface area contributed by atoms with Gasteiger partial charge in [0.05, 0.1) is 0 Å². The summed E-state index contributed by atoms with van der Waals surface area (Å²) in [5.41, 5.74) is -0.433. The molecule has 1 aliphatic rings. The first kappa shape index (κ1) is 15.8. The minimum Gasteiger partial charge on any atom is -0.480 e. The molecule has 0 amide bonds. The van der Waals surface area contributed by atoms with Crippen LogP contribution in [0.25, 0.3) is 0 Å². The summed E-state index contributed by atoms with van der Waals surface area (Å²) in [6, 6.07) is 6.04. The molecule has 2 rings (SSSR count). The lowest BCUT2D eigenvalue weighted by atomic mass is 9.86. The molecule has 1 aromatic carbocycles. The van der Waals surface area contributed by atoms with Gasteiger partial charge in [-0.2, -0.15) is 0 Å². The Morgan fingerprint density at radius 1 is 1.38 bits per heavy atom. The lowest BCUT2D eigenvalue weighted by Gasteiger charge is -2.31. The molecule has 0 aliphatic heterocycles. The number of benzene rings is 1. The molecule has 2 N–H and O–H groups in total. The Hall–Kier alpha value is -1.58. The number of hydrogen-bond acceptors (Lipinski definition) is 2. The molecule has 3 nitrogen and oxygen atoms in total. The second kappa shape index (κ2) is 6.46. The van der Waals surface area contributed by atoms with E-state index in [4.69, 9.17) is 0 Å². The lowest BCUT2D eigenvalue weighted by Crippen LogP contribution is -2.46. The fourth-order valence-corrected chi connectivity index (χ4v) is 3.27. The largest absolute Gasteiger partial charge is 0.480 e.